The van der Waals surface area contributed by atoms with Gasteiger partial charge in [0, 0.05) is 11.1 Å². The molecule has 0 unspecified atom stereocenters. The lowest BCUT2D eigenvalue weighted by atomic mass is 10.2. The first-order chi connectivity index (χ1) is 11.9. The summed E-state index contributed by atoms with van der Waals surface area (Å²) in [6, 6.07) is 10.7. The molecule has 0 amide bonds. The van der Waals surface area contributed by atoms with Crippen molar-refractivity contribution in [2.24, 2.45) is 9.50 Å². The molecular weight excluding hydrogens is 346 g/mol. The van der Waals surface area contributed by atoms with Gasteiger partial charge in [0.15, 0.2) is 17.3 Å². The van der Waals surface area contributed by atoms with E-state index in [1.54, 1.807) is 18.2 Å². The first-order valence-corrected chi connectivity index (χ1v) is 8.76. The smallest absolute Gasteiger partial charge is 0.285 e. The molecule has 0 bridgehead atoms. The summed E-state index contributed by atoms with van der Waals surface area (Å²) in [7, 11) is -3.81. The van der Waals surface area contributed by atoms with Crippen LogP contribution in [0.3, 0.4) is 0 Å². The molecule has 0 saturated heterocycles. The first kappa shape index (κ1) is 16.9. The highest BCUT2D eigenvalue weighted by molar-refractivity contribution is 7.90. The second kappa shape index (κ2) is 6.54. The third-order valence-electron chi connectivity index (χ3n) is 3.55. The van der Waals surface area contributed by atoms with Crippen molar-refractivity contribution >= 4 is 22.1 Å². The summed E-state index contributed by atoms with van der Waals surface area (Å²) in [5.41, 5.74) is 0.617. The van der Waals surface area contributed by atoms with Gasteiger partial charge in [-0.1, -0.05) is 18.2 Å². The third kappa shape index (κ3) is 3.19. The Morgan fingerprint density at radius 1 is 1.12 bits per heavy atom. The number of phenols is 2. The van der Waals surface area contributed by atoms with Crippen molar-refractivity contribution in [1.82, 2.24) is 5.01 Å². The Morgan fingerprint density at radius 3 is 2.64 bits per heavy atom. The average Bonchev–Trinajstić information content (AvgIpc) is 2.87. The van der Waals surface area contributed by atoms with E-state index in [4.69, 9.17) is 0 Å². The van der Waals surface area contributed by atoms with Crippen LogP contribution in [0.5, 0.6) is 11.5 Å². The molecule has 1 aliphatic heterocycles. The van der Waals surface area contributed by atoms with Crippen LogP contribution in [-0.4, -0.2) is 53.9 Å². The number of benzene rings is 2. The predicted octanol–water partition coefficient (Wildman–Crippen LogP) is 0.875. The van der Waals surface area contributed by atoms with Gasteiger partial charge >= 0.3 is 0 Å². The van der Waals surface area contributed by atoms with Crippen molar-refractivity contribution in [2.75, 3.05) is 13.2 Å². The van der Waals surface area contributed by atoms with Gasteiger partial charge in [0.05, 0.1) is 19.4 Å². The molecular formula is C16H15N3O5S. The number of phenolic OH excluding ortho intramolecular Hbond substituents is 2. The molecule has 2 aromatic rings. The normalized spacial score (nSPS) is 15.2. The van der Waals surface area contributed by atoms with Crippen molar-refractivity contribution in [3.05, 3.63) is 53.6 Å². The van der Waals surface area contributed by atoms with Crippen LogP contribution >= 0.6 is 0 Å². The molecule has 130 valence electrons. The molecule has 0 atom stereocenters. The zero-order valence-electron chi connectivity index (χ0n) is 12.9. The van der Waals surface area contributed by atoms with Crippen LogP contribution in [-0.2, 0) is 10.0 Å². The van der Waals surface area contributed by atoms with E-state index in [0.29, 0.717) is 5.56 Å². The molecule has 0 aromatic heterocycles. The molecule has 1 aliphatic rings. The van der Waals surface area contributed by atoms with Gasteiger partial charge < -0.3 is 15.3 Å². The SMILES string of the molecule is O=S1(=O)N=C(N(CCO)/N=C\c2cccc(O)c2O)c2ccccc21. The Hall–Kier alpha value is -2.91. The van der Waals surface area contributed by atoms with Crippen LogP contribution < -0.4 is 0 Å². The molecule has 3 N–H and O–H groups in total. The fourth-order valence-corrected chi connectivity index (χ4v) is 3.58. The van der Waals surface area contributed by atoms with Crippen molar-refractivity contribution in [1.29, 1.82) is 0 Å². The lowest BCUT2D eigenvalue weighted by Gasteiger charge is -2.17. The minimum atomic E-state index is -3.81. The molecule has 1 heterocycles. The first-order valence-electron chi connectivity index (χ1n) is 7.32. The lowest BCUT2D eigenvalue weighted by Crippen LogP contribution is -2.28. The molecule has 9 heteroatoms. The monoisotopic (exact) mass is 361 g/mol. The van der Waals surface area contributed by atoms with E-state index < -0.39 is 10.0 Å². The van der Waals surface area contributed by atoms with Gasteiger partial charge in [-0.05, 0) is 24.3 Å². The van der Waals surface area contributed by atoms with E-state index in [1.807, 2.05) is 0 Å². The molecule has 2 aromatic carbocycles. The maximum absolute atomic E-state index is 12.1. The number of hydrazone groups is 1. The predicted molar refractivity (Wildman–Crippen MR) is 91.3 cm³/mol. The van der Waals surface area contributed by atoms with Crippen LogP contribution in [0.25, 0.3) is 0 Å². The number of amidine groups is 1. The van der Waals surface area contributed by atoms with Gasteiger partial charge in [-0.3, -0.25) is 0 Å². The number of aliphatic hydroxyl groups is 1. The summed E-state index contributed by atoms with van der Waals surface area (Å²) in [5.74, 6) is -0.569. The van der Waals surface area contributed by atoms with E-state index in [1.165, 1.54) is 35.5 Å². The number of nitrogens with zero attached hydrogens (tertiary/aromatic N) is 3. The van der Waals surface area contributed by atoms with E-state index in [-0.39, 0.29) is 40.9 Å². The standard InChI is InChI=1S/C16H15N3O5S/c20-9-8-19(17-10-11-4-3-6-13(21)15(11)22)16-12-5-1-2-7-14(12)25(23,24)18-16/h1-7,10,20-22H,8-9H2/b17-10-. The molecule has 3 rings (SSSR count). The highest BCUT2D eigenvalue weighted by atomic mass is 32.2. The van der Waals surface area contributed by atoms with Crippen LogP contribution in [0.1, 0.15) is 11.1 Å². The number of aliphatic hydroxyl groups excluding tert-OH is 1. The van der Waals surface area contributed by atoms with Crippen molar-refractivity contribution < 1.29 is 23.7 Å². The second-order valence-corrected chi connectivity index (χ2v) is 6.76. The summed E-state index contributed by atoms with van der Waals surface area (Å²) in [6.07, 6.45) is 1.25. The maximum atomic E-state index is 12.1. The number of para-hydroxylation sites is 1. The number of fused-ring (bicyclic) bond motifs is 1. The topological polar surface area (TPSA) is 123 Å². The molecule has 8 nitrogen and oxygen atoms in total. The quantitative estimate of drug-likeness (QED) is 0.422. The van der Waals surface area contributed by atoms with Gasteiger partial charge in [-0.25, -0.2) is 5.01 Å². The Balaban J connectivity index is 2.00. The van der Waals surface area contributed by atoms with E-state index in [0.717, 1.165) is 0 Å². The van der Waals surface area contributed by atoms with Gasteiger partial charge in [0.25, 0.3) is 10.0 Å². The zero-order valence-corrected chi connectivity index (χ0v) is 13.8. The molecule has 0 aliphatic carbocycles. The fourth-order valence-electron chi connectivity index (χ4n) is 2.37. The van der Waals surface area contributed by atoms with Crippen LogP contribution in [0.15, 0.2) is 56.9 Å². The summed E-state index contributed by atoms with van der Waals surface area (Å²) >= 11 is 0. The number of aromatic hydroxyl groups is 2. The number of hydrogen-bond acceptors (Lipinski definition) is 7. The minimum Gasteiger partial charge on any atom is -0.504 e. The largest absolute Gasteiger partial charge is 0.504 e. The van der Waals surface area contributed by atoms with Crippen LogP contribution in [0.4, 0.5) is 0 Å². The third-order valence-corrected chi connectivity index (χ3v) is 4.88. The van der Waals surface area contributed by atoms with Crippen LogP contribution in [0.2, 0.25) is 0 Å². The number of rotatable bonds is 4. The number of sulfonamides is 1. The molecule has 0 spiro atoms. The zero-order chi connectivity index (χ0) is 18.0. The molecule has 25 heavy (non-hydrogen) atoms. The van der Waals surface area contributed by atoms with E-state index >= 15 is 0 Å². The van der Waals surface area contributed by atoms with Gasteiger partial charge in [-0.15, -0.1) is 4.40 Å². The Morgan fingerprint density at radius 2 is 1.88 bits per heavy atom. The number of hydrogen-bond donors (Lipinski definition) is 3. The second-order valence-electron chi connectivity index (χ2n) is 5.19. The maximum Gasteiger partial charge on any atom is 0.285 e. The lowest BCUT2D eigenvalue weighted by molar-refractivity contribution is 0.254. The summed E-state index contributed by atoms with van der Waals surface area (Å²) in [5, 5.41) is 33.9. The Kier molecular flexibility index (Phi) is 4.43. The van der Waals surface area contributed by atoms with E-state index in [9.17, 15) is 23.7 Å². The summed E-state index contributed by atoms with van der Waals surface area (Å²) in [6.45, 7) is -0.288. The molecule has 0 radical (unpaired) electrons. The molecule has 0 fully saturated rings. The highest BCUT2D eigenvalue weighted by Gasteiger charge is 2.31. The summed E-state index contributed by atoms with van der Waals surface area (Å²) in [4.78, 5) is 0.0725. The van der Waals surface area contributed by atoms with Gasteiger partial charge in [0.2, 0.25) is 0 Å². The Labute approximate surface area is 144 Å². The summed E-state index contributed by atoms with van der Waals surface area (Å²) < 4.78 is 28.0. The van der Waals surface area contributed by atoms with Crippen molar-refractivity contribution in [3.63, 3.8) is 0 Å². The average molecular weight is 361 g/mol. The minimum absolute atomic E-state index is 0.00122. The highest BCUT2D eigenvalue weighted by Crippen LogP contribution is 2.29. The van der Waals surface area contributed by atoms with Gasteiger partial charge in [-0.2, -0.15) is 13.5 Å². The van der Waals surface area contributed by atoms with Crippen molar-refractivity contribution in [2.45, 2.75) is 4.90 Å². The fraction of sp³-hybridized carbons (Fsp3) is 0.125. The van der Waals surface area contributed by atoms with Gasteiger partial charge in [0.1, 0.15) is 4.90 Å². The van der Waals surface area contributed by atoms with Crippen LogP contribution in [0, 0.1) is 0 Å². The Bertz CT molecular complexity index is 969. The molecule has 0 saturated carbocycles. The van der Waals surface area contributed by atoms with Crippen molar-refractivity contribution in [3.8, 4) is 11.5 Å². The van der Waals surface area contributed by atoms with E-state index in [2.05, 4.69) is 9.50 Å².